The van der Waals surface area contributed by atoms with Crippen LogP contribution in [-0.4, -0.2) is 26.1 Å². The maximum atomic E-state index is 11.6. The monoisotopic (exact) mass is 343 g/mol. The van der Waals surface area contributed by atoms with Gasteiger partial charge in [0.05, 0.1) is 11.6 Å². The van der Waals surface area contributed by atoms with Crippen molar-refractivity contribution >= 4 is 21.9 Å². The van der Waals surface area contributed by atoms with Gasteiger partial charge in [-0.05, 0) is 46.5 Å². The second kappa shape index (κ2) is 5.47. The second-order valence-corrected chi connectivity index (χ2v) is 7.57. The third-order valence-corrected chi connectivity index (χ3v) is 5.13. The van der Waals surface area contributed by atoms with Gasteiger partial charge in [-0.2, -0.15) is 0 Å². The van der Waals surface area contributed by atoms with Gasteiger partial charge in [-0.15, -0.1) is 5.10 Å². The van der Waals surface area contributed by atoms with Crippen molar-refractivity contribution in [3.63, 3.8) is 0 Å². The fourth-order valence-corrected chi connectivity index (χ4v) is 3.91. The van der Waals surface area contributed by atoms with Gasteiger partial charge in [-0.25, -0.2) is 0 Å². The van der Waals surface area contributed by atoms with E-state index in [9.17, 15) is 9.90 Å². The summed E-state index contributed by atoms with van der Waals surface area (Å²) in [4.78, 5) is 11.6. The average Bonchev–Trinajstić information content (AvgIpc) is 2.67. The summed E-state index contributed by atoms with van der Waals surface area (Å²) in [7, 11) is 1.83. The molecule has 3 unspecified atom stereocenters. The van der Waals surface area contributed by atoms with Gasteiger partial charge < -0.3 is 5.11 Å². The Labute approximate surface area is 127 Å². The van der Waals surface area contributed by atoms with Crippen LogP contribution in [0.4, 0.5) is 0 Å². The largest absolute Gasteiger partial charge is 0.481 e. The number of hydrogen-bond acceptors (Lipinski definition) is 3. The molecule has 1 heterocycles. The van der Waals surface area contributed by atoms with Gasteiger partial charge in [0.15, 0.2) is 4.60 Å². The number of carboxylic acid groups (broad SMARTS) is 1. The van der Waals surface area contributed by atoms with E-state index in [0.29, 0.717) is 10.5 Å². The van der Waals surface area contributed by atoms with E-state index in [-0.39, 0.29) is 17.3 Å². The van der Waals surface area contributed by atoms with Gasteiger partial charge in [0.2, 0.25) is 0 Å². The molecule has 2 rings (SSSR count). The molecule has 0 radical (unpaired) electrons. The summed E-state index contributed by atoms with van der Waals surface area (Å²) in [5.41, 5.74) is 1.10. The van der Waals surface area contributed by atoms with Crippen molar-refractivity contribution in [2.24, 2.45) is 24.3 Å². The van der Waals surface area contributed by atoms with Crippen LogP contribution in [0, 0.1) is 17.3 Å². The Kier molecular flexibility index (Phi) is 4.23. The minimum absolute atomic E-state index is 0.0279. The highest BCUT2D eigenvalue weighted by molar-refractivity contribution is 9.10. The third kappa shape index (κ3) is 2.90. The van der Waals surface area contributed by atoms with Crippen LogP contribution in [0.25, 0.3) is 0 Å². The van der Waals surface area contributed by atoms with Crippen LogP contribution in [-0.2, 0) is 11.8 Å². The summed E-state index contributed by atoms with van der Waals surface area (Å²) >= 11 is 3.41. The lowest BCUT2D eigenvalue weighted by molar-refractivity contribution is -0.144. The van der Waals surface area contributed by atoms with Gasteiger partial charge in [0, 0.05) is 13.0 Å². The van der Waals surface area contributed by atoms with Crippen molar-refractivity contribution < 1.29 is 9.90 Å². The van der Waals surface area contributed by atoms with Gasteiger partial charge >= 0.3 is 5.97 Å². The lowest BCUT2D eigenvalue weighted by Crippen LogP contribution is -2.35. The number of aryl methyl sites for hydroxylation is 1. The first-order valence-electron chi connectivity index (χ1n) is 6.99. The summed E-state index contributed by atoms with van der Waals surface area (Å²) in [5, 5.41) is 17.5. The van der Waals surface area contributed by atoms with Crippen LogP contribution in [0.3, 0.4) is 0 Å². The Morgan fingerprint density at radius 3 is 2.50 bits per heavy atom. The Morgan fingerprint density at radius 2 is 2.05 bits per heavy atom. The molecule has 20 heavy (non-hydrogen) atoms. The van der Waals surface area contributed by atoms with E-state index in [1.165, 1.54) is 0 Å². The van der Waals surface area contributed by atoms with Crippen molar-refractivity contribution in [1.29, 1.82) is 0 Å². The van der Waals surface area contributed by atoms with Crippen molar-refractivity contribution in [3.8, 4) is 0 Å². The van der Waals surface area contributed by atoms with Crippen LogP contribution in [0.5, 0.6) is 0 Å². The number of rotatable bonds is 2. The average molecular weight is 344 g/mol. The van der Waals surface area contributed by atoms with Crippen molar-refractivity contribution in [1.82, 2.24) is 15.0 Å². The van der Waals surface area contributed by atoms with Crippen molar-refractivity contribution in [2.45, 2.75) is 46.0 Å². The van der Waals surface area contributed by atoms with Crippen LogP contribution < -0.4 is 0 Å². The number of hydrogen-bond donors (Lipinski definition) is 1. The third-order valence-electron chi connectivity index (χ3n) is 4.57. The first-order chi connectivity index (χ1) is 9.21. The van der Waals surface area contributed by atoms with E-state index in [2.05, 4.69) is 47.0 Å². The number of aliphatic carboxylic acids is 1. The highest BCUT2D eigenvalue weighted by Gasteiger charge is 2.41. The molecular formula is C14H22BrN3O2. The van der Waals surface area contributed by atoms with Crippen LogP contribution in [0.1, 0.15) is 51.6 Å². The van der Waals surface area contributed by atoms with E-state index in [4.69, 9.17) is 0 Å². The molecule has 3 atom stereocenters. The highest BCUT2D eigenvalue weighted by atomic mass is 79.9. The standard InChI is InChI=1S/C14H22BrN3O2/c1-14(2,3)8-5-6-9(13(19)20)10(7-8)11-12(15)16-17-18(11)4/h8-10H,5-7H2,1-4H3,(H,19,20). The number of aromatic nitrogens is 3. The van der Waals surface area contributed by atoms with Crippen molar-refractivity contribution in [2.75, 3.05) is 0 Å². The molecule has 0 aromatic carbocycles. The molecule has 1 aliphatic carbocycles. The molecule has 1 aromatic rings. The summed E-state index contributed by atoms with van der Waals surface area (Å²) in [5.74, 6) is -0.567. The van der Waals surface area contributed by atoms with Gasteiger partial charge in [0.1, 0.15) is 0 Å². The van der Waals surface area contributed by atoms with E-state index in [1.807, 2.05) is 7.05 Å². The summed E-state index contributed by atoms with van der Waals surface area (Å²) in [6.45, 7) is 6.69. The highest BCUT2D eigenvalue weighted by Crippen LogP contribution is 2.47. The molecule has 0 aliphatic heterocycles. The molecule has 1 fully saturated rings. The van der Waals surface area contributed by atoms with E-state index in [0.717, 1.165) is 25.0 Å². The SMILES string of the molecule is Cn1nnc(Br)c1C1CC(C(C)(C)C)CCC1C(=O)O. The van der Waals surface area contributed by atoms with Crippen LogP contribution in [0.15, 0.2) is 4.60 Å². The molecule has 0 bridgehead atoms. The van der Waals surface area contributed by atoms with Gasteiger partial charge in [0.25, 0.3) is 0 Å². The number of carboxylic acids is 1. The number of nitrogens with zero attached hydrogens (tertiary/aromatic N) is 3. The minimum Gasteiger partial charge on any atom is -0.481 e. The molecule has 1 saturated carbocycles. The minimum atomic E-state index is -0.713. The maximum absolute atomic E-state index is 11.6. The maximum Gasteiger partial charge on any atom is 0.307 e. The molecule has 112 valence electrons. The zero-order valence-electron chi connectivity index (χ0n) is 12.4. The molecular weight excluding hydrogens is 322 g/mol. The smallest absolute Gasteiger partial charge is 0.307 e. The lowest BCUT2D eigenvalue weighted by atomic mass is 9.65. The fourth-order valence-electron chi connectivity index (χ4n) is 3.29. The first-order valence-corrected chi connectivity index (χ1v) is 7.79. The topological polar surface area (TPSA) is 68.0 Å². The predicted octanol–water partition coefficient (Wildman–Crippen LogP) is 3.21. The quantitative estimate of drug-likeness (QED) is 0.895. The van der Waals surface area contributed by atoms with E-state index in [1.54, 1.807) is 4.68 Å². The van der Waals surface area contributed by atoms with E-state index >= 15 is 0 Å². The number of carbonyl (C=O) groups is 1. The first kappa shape index (κ1) is 15.5. The number of halogens is 1. The zero-order valence-corrected chi connectivity index (χ0v) is 14.0. The molecule has 1 aromatic heterocycles. The lowest BCUT2D eigenvalue weighted by Gasteiger charge is -2.40. The van der Waals surface area contributed by atoms with E-state index < -0.39 is 5.97 Å². The normalized spacial score (nSPS) is 27.6. The Hall–Kier alpha value is -0.910. The molecule has 0 amide bonds. The van der Waals surface area contributed by atoms with Crippen molar-refractivity contribution in [3.05, 3.63) is 10.3 Å². The van der Waals surface area contributed by atoms with Crippen LogP contribution in [0.2, 0.25) is 0 Å². The Bertz CT molecular complexity index is 488. The predicted molar refractivity (Wildman–Crippen MR) is 79.4 cm³/mol. The molecule has 1 aliphatic rings. The van der Waals surface area contributed by atoms with Gasteiger partial charge in [-0.3, -0.25) is 9.48 Å². The summed E-state index contributed by atoms with van der Waals surface area (Å²) in [6.07, 6.45) is 2.57. The Balaban J connectivity index is 2.36. The molecule has 1 N–H and O–H groups in total. The molecule has 5 nitrogen and oxygen atoms in total. The Morgan fingerprint density at radius 1 is 1.40 bits per heavy atom. The fraction of sp³-hybridized carbons (Fsp3) is 0.786. The second-order valence-electron chi connectivity index (χ2n) is 6.82. The van der Waals surface area contributed by atoms with Gasteiger partial charge in [-0.1, -0.05) is 26.0 Å². The van der Waals surface area contributed by atoms with Crippen LogP contribution >= 0.6 is 15.9 Å². The molecule has 6 heteroatoms. The zero-order chi connectivity index (χ0) is 15.1. The summed E-state index contributed by atoms with van der Waals surface area (Å²) < 4.78 is 2.38. The molecule has 0 spiro atoms. The molecule has 0 saturated heterocycles. The summed E-state index contributed by atoms with van der Waals surface area (Å²) in [6, 6.07) is 0.